The number of aliphatic carboxylic acids is 1. The van der Waals surface area contributed by atoms with E-state index in [0.29, 0.717) is 12.3 Å². The number of hydrogen-bond donors (Lipinski definition) is 2. The number of carbonyl (C=O) groups excluding carboxylic acids is 1. The number of carboxylic acids is 1. The maximum atomic E-state index is 10.7. The van der Waals surface area contributed by atoms with Crippen molar-refractivity contribution in [2.45, 2.75) is 13.5 Å². The molecule has 0 saturated heterocycles. The molecule has 0 bridgehead atoms. The van der Waals surface area contributed by atoms with Crippen molar-refractivity contribution in [3.8, 4) is 5.75 Å². The van der Waals surface area contributed by atoms with Gasteiger partial charge in [-0.3, -0.25) is 4.79 Å². The van der Waals surface area contributed by atoms with Crippen LogP contribution in [0.4, 0.5) is 0 Å². The molecule has 0 aliphatic carbocycles. The number of para-hydroxylation sites is 1. The molecule has 1 aromatic carbocycles. The van der Waals surface area contributed by atoms with Crippen LogP contribution in [0.25, 0.3) is 0 Å². The first-order valence-corrected chi connectivity index (χ1v) is 4.76. The largest absolute Gasteiger partial charge is 0.482 e. The van der Waals surface area contributed by atoms with Crippen LogP contribution >= 0.6 is 0 Å². The van der Waals surface area contributed by atoms with Crippen molar-refractivity contribution in [1.29, 1.82) is 0 Å². The molecule has 1 aromatic rings. The molecule has 0 aliphatic rings. The maximum Gasteiger partial charge on any atom is 0.341 e. The van der Waals surface area contributed by atoms with Crippen molar-refractivity contribution in [3.63, 3.8) is 0 Å². The maximum absolute atomic E-state index is 10.7. The second-order valence-corrected chi connectivity index (χ2v) is 3.20. The van der Waals surface area contributed by atoms with Crippen molar-refractivity contribution >= 4 is 11.9 Å². The van der Waals surface area contributed by atoms with E-state index in [1.165, 1.54) is 6.92 Å². The van der Waals surface area contributed by atoms with Crippen molar-refractivity contribution in [1.82, 2.24) is 5.32 Å². The first kappa shape index (κ1) is 12.0. The molecule has 1 rings (SSSR count). The number of benzene rings is 1. The number of rotatable bonds is 5. The Bertz CT molecular complexity index is 352. The van der Waals surface area contributed by atoms with Crippen LogP contribution in [0.5, 0.6) is 5.75 Å². The van der Waals surface area contributed by atoms with Gasteiger partial charge in [0.25, 0.3) is 0 Å². The summed E-state index contributed by atoms with van der Waals surface area (Å²) >= 11 is 0. The Morgan fingerprint density at radius 2 is 2.06 bits per heavy atom. The molecule has 0 atom stereocenters. The summed E-state index contributed by atoms with van der Waals surface area (Å²) in [6.45, 7) is 1.35. The Labute approximate surface area is 93.0 Å². The Morgan fingerprint density at radius 1 is 1.38 bits per heavy atom. The van der Waals surface area contributed by atoms with Crippen molar-refractivity contribution in [2.24, 2.45) is 0 Å². The van der Waals surface area contributed by atoms with Gasteiger partial charge in [-0.25, -0.2) is 4.79 Å². The number of hydrogen-bond acceptors (Lipinski definition) is 3. The standard InChI is InChI=1S/C11H13NO4/c1-8(13)12-6-9-4-2-3-5-10(9)16-7-11(14)15/h2-5H,6-7H2,1H3,(H,12,13)(H,14,15). The molecule has 0 aliphatic heterocycles. The Morgan fingerprint density at radius 3 is 2.69 bits per heavy atom. The normalized spacial score (nSPS) is 9.56. The molecule has 1 amide bonds. The summed E-state index contributed by atoms with van der Waals surface area (Å²) in [6.07, 6.45) is 0. The first-order chi connectivity index (χ1) is 7.59. The van der Waals surface area contributed by atoms with Gasteiger partial charge in [-0.2, -0.15) is 0 Å². The van der Waals surface area contributed by atoms with Crippen molar-refractivity contribution in [2.75, 3.05) is 6.61 Å². The zero-order valence-corrected chi connectivity index (χ0v) is 8.90. The zero-order valence-electron chi connectivity index (χ0n) is 8.90. The van der Waals surface area contributed by atoms with E-state index in [1.54, 1.807) is 24.3 Å². The molecule has 0 radical (unpaired) electrons. The van der Waals surface area contributed by atoms with Gasteiger partial charge in [0.15, 0.2) is 6.61 Å². The molecule has 16 heavy (non-hydrogen) atoms. The number of carbonyl (C=O) groups is 2. The van der Waals surface area contributed by atoms with Crippen LogP contribution in [0.3, 0.4) is 0 Å². The Balaban J connectivity index is 2.67. The molecule has 5 nitrogen and oxygen atoms in total. The third-order valence-corrected chi connectivity index (χ3v) is 1.85. The summed E-state index contributed by atoms with van der Waals surface area (Å²) in [5.74, 6) is -0.707. The highest BCUT2D eigenvalue weighted by molar-refractivity contribution is 5.73. The highest BCUT2D eigenvalue weighted by atomic mass is 16.5. The van der Waals surface area contributed by atoms with E-state index in [2.05, 4.69) is 5.32 Å². The highest BCUT2D eigenvalue weighted by Gasteiger charge is 2.05. The summed E-state index contributed by atoms with van der Waals surface area (Å²) in [6, 6.07) is 6.98. The highest BCUT2D eigenvalue weighted by Crippen LogP contribution is 2.17. The Hall–Kier alpha value is -2.04. The fourth-order valence-electron chi connectivity index (χ4n) is 1.15. The molecule has 2 N–H and O–H groups in total. The van der Waals surface area contributed by atoms with E-state index in [-0.39, 0.29) is 5.91 Å². The van der Waals surface area contributed by atoms with Gasteiger partial charge >= 0.3 is 5.97 Å². The molecule has 0 unspecified atom stereocenters. The van der Waals surface area contributed by atoms with Crippen LogP contribution in [0.2, 0.25) is 0 Å². The quantitative estimate of drug-likeness (QED) is 0.773. The van der Waals surface area contributed by atoms with Crippen LogP contribution in [0.1, 0.15) is 12.5 Å². The van der Waals surface area contributed by atoms with Gasteiger partial charge in [-0.05, 0) is 6.07 Å². The van der Waals surface area contributed by atoms with E-state index in [9.17, 15) is 9.59 Å². The van der Waals surface area contributed by atoms with E-state index in [4.69, 9.17) is 9.84 Å². The van der Waals surface area contributed by atoms with Crippen LogP contribution in [0, 0.1) is 0 Å². The van der Waals surface area contributed by atoms with Gasteiger partial charge in [0.2, 0.25) is 5.91 Å². The van der Waals surface area contributed by atoms with Crippen molar-refractivity contribution in [3.05, 3.63) is 29.8 Å². The lowest BCUT2D eigenvalue weighted by atomic mass is 10.2. The van der Waals surface area contributed by atoms with Crippen LogP contribution < -0.4 is 10.1 Å². The monoisotopic (exact) mass is 223 g/mol. The molecule has 0 saturated carbocycles. The lowest BCUT2D eigenvalue weighted by molar-refractivity contribution is -0.139. The topological polar surface area (TPSA) is 75.6 Å². The molecule has 0 spiro atoms. The minimum atomic E-state index is -1.03. The summed E-state index contributed by atoms with van der Waals surface area (Å²) < 4.78 is 5.08. The predicted octanol–water partition coefficient (Wildman–Crippen LogP) is 0.786. The smallest absolute Gasteiger partial charge is 0.341 e. The average molecular weight is 223 g/mol. The van der Waals surface area contributed by atoms with Crippen LogP contribution in [-0.2, 0) is 16.1 Å². The number of carboxylic acid groups (broad SMARTS) is 1. The van der Waals surface area contributed by atoms with E-state index < -0.39 is 12.6 Å². The molecule has 5 heteroatoms. The third kappa shape index (κ3) is 4.00. The van der Waals surface area contributed by atoms with E-state index in [0.717, 1.165) is 5.56 Å². The van der Waals surface area contributed by atoms with Gasteiger partial charge in [-0.15, -0.1) is 0 Å². The third-order valence-electron chi connectivity index (χ3n) is 1.85. The molecular weight excluding hydrogens is 210 g/mol. The van der Waals surface area contributed by atoms with E-state index >= 15 is 0 Å². The summed E-state index contributed by atoms with van der Waals surface area (Å²) in [4.78, 5) is 21.1. The second kappa shape index (κ2) is 5.75. The molecule has 0 heterocycles. The molecular formula is C11H13NO4. The summed E-state index contributed by atoms with van der Waals surface area (Å²) in [5.41, 5.74) is 0.749. The lowest BCUT2D eigenvalue weighted by Crippen LogP contribution is -2.20. The second-order valence-electron chi connectivity index (χ2n) is 3.20. The Kier molecular flexibility index (Phi) is 4.32. The average Bonchev–Trinajstić information content (AvgIpc) is 2.24. The van der Waals surface area contributed by atoms with Gasteiger partial charge in [0.05, 0.1) is 0 Å². The van der Waals surface area contributed by atoms with Gasteiger partial charge in [-0.1, -0.05) is 18.2 Å². The summed E-state index contributed by atoms with van der Waals surface area (Å²) in [5, 5.41) is 11.1. The van der Waals surface area contributed by atoms with Crippen LogP contribution in [-0.4, -0.2) is 23.6 Å². The first-order valence-electron chi connectivity index (χ1n) is 4.76. The van der Waals surface area contributed by atoms with Gasteiger partial charge in [0.1, 0.15) is 5.75 Å². The fraction of sp³-hybridized carbons (Fsp3) is 0.273. The number of ether oxygens (including phenoxy) is 1. The minimum absolute atomic E-state index is 0.145. The van der Waals surface area contributed by atoms with E-state index in [1.807, 2.05) is 0 Å². The summed E-state index contributed by atoms with van der Waals surface area (Å²) in [7, 11) is 0. The van der Waals surface area contributed by atoms with Gasteiger partial charge in [0, 0.05) is 19.0 Å². The molecule has 0 fully saturated rings. The van der Waals surface area contributed by atoms with Crippen molar-refractivity contribution < 1.29 is 19.4 Å². The zero-order chi connectivity index (χ0) is 12.0. The predicted molar refractivity (Wildman–Crippen MR) is 57.1 cm³/mol. The van der Waals surface area contributed by atoms with Crippen LogP contribution in [0.15, 0.2) is 24.3 Å². The lowest BCUT2D eigenvalue weighted by Gasteiger charge is -2.09. The number of amides is 1. The fourth-order valence-corrected chi connectivity index (χ4v) is 1.15. The minimum Gasteiger partial charge on any atom is -0.482 e. The SMILES string of the molecule is CC(=O)NCc1ccccc1OCC(=O)O. The number of nitrogens with one attached hydrogen (secondary N) is 1. The molecule has 86 valence electrons. The van der Waals surface area contributed by atoms with Gasteiger partial charge < -0.3 is 15.2 Å². The molecule has 0 aromatic heterocycles.